The molecule has 2 rings (SSSR count). The fraction of sp³-hybridized carbons (Fsp3) is 0.312. The first-order chi connectivity index (χ1) is 10.4. The van der Waals surface area contributed by atoms with Crippen molar-refractivity contribution in [2.75, 3.05) is 24.3 Å². The largest absolute Gasteiger partial charge is 0.347 e. The van der Waals surface area contributed by atoms with Crippen molar-refractivity contribution >= 4 is 17.7 Å². The first-order valence-electron chi connectivity index (χ1n) is 7.07. The number of hydrogen-bond acceptors (Lipinski definition) is 4. The van der Waals surface area contributed by atoms with Crippen LogP contribution in [0, 0.1) is 13.8 Å². The van der Waals surface area contributed by atoms with Gasteiger partial charge in [-0.05, 0) is 32.0 Å². The second-order valence-corrected chi connectivity index (χ2v) is 5.37. The molecular weight excluding hydrogens is 278 g/mol. The predicted octanol–water partition coefficient (Wildman–Crippen LogP) is 2.48. The number of benzene rings is 1. The van der Waals surface area contributed by atoms with Crippen molar-refractivity contribution in [2.45, 2.75) is 20.4 Å². The van der Waals surface area contributed by atoms with Gasteiger partial charge in [-0.15, -0.1) is 0 Å². The molecule has 0 spiro atoms. The van der Waals surface area contributed by atoms with Gasteiger partial charge in [0.05, 0.1) is 12.2 Å². The summed E-state index contributed by atoms with van der Waals surface area (Å²) >= 11 is 0. The van der Waals surface area contributed by atoms with Crippen molar-refractivity contribution in [3.63, 3.8) is 0 Å². The molecule has 1 aromatic carbocycles. The van der Waals surface area contributed by atoms with Crippen molar-refractivity contribution < 1.29 is 4.79 Å². The minimum Gasteiger partial charge on any atom is -0.347 e. The molecule has 1 heterocycles. The Balaban J connectivity index is 1.94. The lowest BCUT2D eigenvalue weighted by atomic mass is 10.2. The Labute approximate surface area is 130 Å². The minimum atomic E-state index is -0.258. The zero-order chi connectivity index (χ0) is 16.1. The van der Waals surface area contributed by atoms with E-state index < -0.39 is 0 Å². The number of nitrogens with one attached hydrogen (secondary N) is 2. The average molecular weight is 299 g/mol. The van der Waals surface area contributed by atoms with Crippen molar-refractivity contribution in [1.82, 2.24) is 15.3 Å². The number of aryl methyl sites for hydroxylation is 2. The van der Waals surface area contributed by atoms with Gasteiger partial charge in [0.1, 0.15) is 0 Å². The lowest BCUT2D eigenvalue weighted by Crippen LogP contribution is -2.29. The monoisotopic (exact) mass is 299 g/mol. The smallest absolute Gasteiger partial charge is 0.319 e. The van der Waals surface area contributed by atoms with E-state index in [1.807, 2.05) is 63.2 Å². The molecule has 0 atom stereocenters. The molecule has 0 aliphatic heterocycles. The maximum absolute atomic E-state index is 11.9. The second-order valence-electron chi connectivity index (χ2n) is 5.37. The van der Waals surface area contributed by atoms with Crippen LogP contribution in [0.15, 0.2) is 30.3 Å². The summed E-state index contributed by atoms with van der Waals surface area (Å²) in [6, 6.07) is 9.24. The van der Waals surface area contributed by atoms with Gasteiger partial charge in [0, 0.05) is 25.5 Å². The molecule has 1 aromatic heterocycles. The Morgan fingerprint density at radius 1 is 1.14 bits per heavy atom. The summed E-state index contributed by atoms with van der Waals surface area (Å²) in [6.45, 7) is 4.26. The topological polar surface area (TPSA) is 70.2 Å². The third-order valence-electron chi connectivity index (χ3n) is 3.03. The molecule has 0 saturated carbocycles. The highest BCUT2D eigenvalue weighted by atomic mass is 16.2. The van der Waals surface area contributed by atoms with Gasteiger partial charge in [-0.25, -0.2) is 14.8 Å². The SMILES string of the molecule is Cc1ccc(NC(=O)NCc2cc(C)nc(N(C)C)n2)cc1. The summed E-state index contributed by atoms with van der Waals surface area (Å²) in [5.74, 6) is 0.635. The standard InChI is InChI=1S/C16H21N5O/c1-11-5-7-13(8-6-11)20-16(22)17-10-14-9-12(2)18-15(19-14)21(3)4/h5-9H,10H2,1-4H3,(H2,17,20,22). The highest BCUT2D eigenvalue weighted by Gasteiger charge is 2.06. The lowest BCUT2D eigenvalue weighted by Gasteiger charge is -2.13. The van der Waals surface area contributed by atoms with Crippen LogP contribution in [0.2, 0.25) is 0 Å². The molecule has 6 nitrogen and oxygen atoms in total. The van der Waals surface area contributed by atoms with Crippen LogP contribution < -0.4 is 15.5 Å². The quantitative estimate of drug-likeness (QED) is 0.910. The summed E-state index contributed by atoms with van der Waals surface area (Å²) in [7, 11) is 3.77. The van der Waals surface area contributed by atoms with Gasteiger partial charge in [-0.1, -0.05) is 17.7 Å². The summed E-state index contributed by atoms with van der Waals surface area (Å²) in [6.07, 6.45) is 0. The van der Waals surface area contributed by atoms with Crippen LogP contribution >= 0.6 is 0 Å². The zero-order valence-electron chi connectivity index (χ0n) is 13.3. The van der Waals surface area contributed by atoms with Gasteiger partial charge >= 0.3 is 6.03 Å². The van der Waals surface area contributed by atoms with E-state index in [1.54, 1.807) is 0 Å². The van der Waals surface area contributed by atoms with Crippen LogP contribution in [0.1, 0.15) is 17.0 Å². The van der Waals surface area contributed by atoms with E-state index in [1.165, 1.54) is 0 Å². The molecule has 0 unspecified atom stereocenters. The minimum absolute atomic E-state index is 0.258. The Morgan fingerprint density at radius 3 is 2.45 bits per heavy atom. The van der Waals surface area contributed by atoms with E-state index in [9.17, 15) is 4.79 Å². The van der Waals surface area contributed by atoms with Gasteiger partial charge in [0.15, 0.2) is 0 Å². The first kappa shape index (κ1) is 15.8. The highest BCUT2D eigenvalue weighted by Crippen LogP contribution is 2.09. The Bertz CT molecular complexity index is 652. The van der Waals surface area contributed by atoms with Crippen LogP contribution in [0.5, 0.6) is 0 Å². The summed E-state index contributed by atoms with van der Waals surface area (Å²) in [5, 5.41) is 5.58. The fourth-order valence-electron chi connectivity index (χ4n) is 1.89. The molecule has 0 bridgehead atoms. The summed E-state index contributed by atoms with van der Waals surface area (Å²) in [5.41, 5.74) is 3.55. The van der Waals surface area contributed by atoms with Crippen molar-refractivity contribution in [2.24, 2.45) is 0 Å². The van der Waals surface area contributed by atoms with E-state index in [0.29, 0.717) is 12.5 Å². The van der Waals surface area contributed by atoms with Crippen LogP contribution in [-0.2, 0) is 6.54 Å². The number of carbonyl (C=O) groups is 1. The molecule has 116 valence electrons. The zero-order valence-corrected chi connectivity index (χ0v) is 13.3. The first-order valence-corrected chi connectivity index (χ1v) is 7.07. The lowest BCUT2D eigenvalue weighted by molar-refractivity contribution is 0.251. The molecule has 0 aliphatic carbocycles. The van der Waals surface area contributed by atoms with Crippen LogP contribution in [0.25, 0.3) is 0 Å². The average Bonchev–Trinajstić information content (AvgIpc) is 2.47. The number of urea groups is 1. The molecule has 2 aromatic rings. The van der Waals surface area contributed by atoms with Crippen molar-refractivity contribution in [3.05, 3.63) is 47.3 Å². The van der Waals surface area contributed by atoms with Gasteiger partial charge in [0.25, 0.3) is 0 Å². The van der Waals surface area contributed by atoms with E-state index in [-0.39, 0.29) is 6.03 Å². The summed E-state index contributed by atoms with van der Waals surface area (Å²) < 4.78 is 0. The van der Waals surface area contributed by atoms with Gasteiger partial charge < -0.3 is 15.5 Å². The van der Waals surface area contributed by atoms with Crippen LogP contribution in [0.3, 0.4) is 0 Å². The van der Waals surface area contributed by atoms with Crippen molar-refractivity contribution in [3.8, 4) is 0 Å². The number of anilines is 2. The molecule has 0 saturated heterocycles. The van der Waals surface area contributed by atoms with Gasteiger partial charge in [-0.3, -0.25) is 0 Å². The van der Waals surface area contributed by atoms with E-state index in [4.69, 9.17) is 0 Å². The van der Waals surface area contributed by atoms with Crippen LogP contribution in [-0.4, -0.2) is 30.1 Å². The molecule has 2 N–H and O–H groups in total. The van der Waals surface area contributed by atoms with E-state index in [0.717, 1.165) is 22.6 Å². The molecule has 0 fully saturated rings. The Hall–Kier alpha value is -2.63. The van der Waals surface area contributed by atoms with E-state index >= 15 is 0 Å². The molecule has 0 radical (unpaired) electrons. The number of aromatic nitrogens is 2. The second kappa shape index (κ2) is 6.89. The Morgan fingerprint density at radius 2 is 1.82 bits per heavy atom. The maximum Gasteiger partial charge on any atom is 0.319 e. The number of carbonyl (C=O) groups excluding carboxylic acids is 1. The molecule has 22 heavy (non-hydrogen) atoms. The number of amides is 2. The molecular formula is C16H21N5O. The number of hydrogen-bond donors (Lipinski definition) is 2. The fourth-order valence-corrected chi connectivity index (χ4v) is 1.89. The predicted molar refractivity (Wildman–Crippen MR) is 88.1 cm³/mol. The number of nitrogens with zero attached hydrogens (tertiary/aromatic N) is 3. The number of rotatable bonds is 4. The third-order valence-corrected chi connectivity index (χ3v) is 3.03. The molecule has 2 amide bonds. The van der Waals surface area contributed by atoms with Gasteiger partial charge in [0.2, 0.25) is 5.95 Å². The van der Waals surface area contributed by atoms with Crippen LogP contribution in [0.4, 0.5) is 16.4 Å². The van der Waals surface area contributed by atoms with Crippen molar-refractivity contribution in [1.29, 1.82) is 0 Å². The Kier molecular flexibility index (Phi) is 4.93. The maximum atomic E-state index is 11.9. The third kappa shape index (κ3) is 4.44. The van der Waals surface area contributed by atoms with E-state index in [2.05, 4.69) is 20.6 Å². The molecule has 0 aliphatic rings. The van der Waals surface area contributed by atoms with Gasteiger partial charge in [-0.2, -0.15) is 0 Å². The highest BCUT2D eigenvalue weighted by molar-refractivity contribution is 5.89. The summed E-state index contributed by atoms with van der Waals surface area (Å²) in [4.78, 5) is 22.5. The normalized spacial score (nSPS) is 10.2. The molecule has 6 heteroatoms.